The van der Waals surface area contributed by atoms with Crippen molar-refractivity contribution in [3.63, 3.8) is 0 Å². The summed E-state index contributed by atoms with van der Waals surface area (Å²) in [5, 5.41) is 0. The van der Waals surface area contributed by atoms with Crippen LogP contribution in [-0.4, -0.2) is 15.8 Å². The van der Waals surface area contributed by atoms with Crippen LogP contribution in [0.5, 0.6) is 5.75 Å². The van der Waals surface area contributed by atoms with Crippen LogP contribution in [0.1, 0.15) is 32.6 Å². The number of aromatic nitrogens is 2. The molecule has 0 radical (unpaired) electrons. The van der Waals surface area contributed by atoms with Crippen LogP contribution in [0.15, 0.2) is 73.1 Å². The highest BCUT2D eigenvalue weighted by Gasteiger charge is 2.18. The molecular formula is C24H20N2O2. The van der Waals surface area contributed by atoms with E-state index in [0.717, 1.165) is 28.0 Å². The summed E-state index contributed by atoms with van der Waals surface area (Å²) < 4.78 is 6.00. The summed E-state index contributed by atoms with van der Waals surface area (Å²) in [7, 11) is 0. The summed E-state index contributed by atoms with van der Waals surface area (Å²) in [6.07, 6.45) is 3.27. The Balaban J connectivity index is 1.66. The standard InChI is InChI=1S/C24H20N2O2/c1-16-8-11-22(28-15-18-6-4-3-5-7-18)17(2)23(16)24(27)19-9-10-20-21(14-19)26-13-12-25-20/h3-14H,15H2,1-2H3. The van der Waals surface area contributed by atoms with E-state index in [4.69, 9.17) is 4.74 Å². The Morgan fingerprint density at radius 2 is 1.64 bits per heavy atom. The van der Waals surface area contributed by atoms with Gasteiger partial charge < -0.3 is 4.74 Å². The molecular weight excluding hydrogens is 348 g/mol. The van der Waals surface area contributed by atoms with Crippen LogP contribution in [0.3, 0.4) is 0 Å². The molecule has 0 N–H and O–H groups in total. The van der Waals surface area contributed by atoms with Gasteiger partial charge in [0.25, 0.3) is 0 Å². The van der Waals surface area contributed by atoms with E-state index < -0.39 is 0 Å². The maximum Gasteiger partial charge on any atom is 0.193 e. The highest BCUT2D eigenvalue weighted by atomic mass is 16.5. The number of fused-ring (bicyclic) bond motifs is 1. The number of benzene rings is 3. The number of ketones is 1. The van der Waals surface area contributed by atoms with Crippen molar-refractivity contribution in [1.29, 1.82) is 0 Å². The first kappa shape index (κ1) is 17.9. The van der Waals surface area contributed by atoms with Gasteiger partial charge in [0.2, 0.25) is 0 Å². The van der Waals surface area contributed by atoms with Crippen molar-refractivity contribution in [3.05, 3.63) is 101 Å². The first-order valence-electron chi connectivity index (χ1n) is 9.16. The molecule has 0 aliphatic carbocycles. The van der Waals surface area contributed by atoms with Gasteiger partial charge in [0.05, 0.1) is 11.0 Å². The van der Waals surface area contributed by atoms with E-state index in [1.165, 1.54) is 0 Å². The van der Waals surface area contributed by atoms with Gasteiger partial charge in [-0.25, -0.2) is 0 Å². The molecule has 0 bridgehead atoms. The van der Waals surface area contributed by atoms with Gasteiger partial charge in [0.1, 0.15) is 12.4 Å². The largest absolute Gasteiger partial charge is 0.489 e. The lowest BCUT2D eigenvalue weighted by molar-refractivity contribution is 0.103. The van der Waals surface area contributed by atoms with E-state index in [9.17, 15) is 4.79 Å². The van der Waals surface area contributed by atoms with E-state index in [2.05, 4.69) is 9.97 Å². The molecule has 0 atom stereocenters. The lowest BCUT2D eigenvalue weighted by Crippen LogP contribution is -2.08. The quantitative estimate of drug-likeness (QED) is 0.462. The van der Waals surface area contributed by atoms with Gasteiger partial charge in [-0.1, -0.05) is 36.4 Å². The zero-order valence-electron chi connectivity index (χ0n) is 15.8. The van der Waals surface area contributed by atoms with Gasteiger partial charge >= 0.3 is 0 Å². The van der Waals surface area contributed by atoms with Gasteiger partial charge in [0.15, 0.2) is 5.78 Å². The molecule has 0 aliphatic heterocycles. The third-order valence-electron chi connectivity index (χ3n) is 4.82. The lowest BCUT2D eigenvalue weighted by Gasteiger charge is -2.15. The van der Waals surface area contributed by atoms with E-state index in [1.54, 1.807) is 24.5 Å². The van der Waals surface area contributed by atoms with Gasteiger partial charge in [-0.05, 0) is 49.2 Å². The number of hydrogen-bond acceptors (Lipinski definition) is 4. The number of carbonyl (C=O) groups is 1. The van der Waals surface area contributed by atoms with Crippen molar-refractivity contribution < 1.29 is 9.53 Å². The summed E-state index contributed by atoms with van der Waals surface area (Å²) in [5.74, 6) is 0.686. The summed E-state index contributed by atoms with van der Waals surface area (Å²) in [6.45, 7) is 4.34. The predicted octanol–water partition coefficient (Wildman–Crippen LogP) is 5.06. The van der Waals surface area contributed by atoms with Crippen molar-refractivity contribution in [2.24, 2.45) is 0 Å². The van der Waals surface area contributed by atoms with Crippen LogP contribution in [0.4, 0.5) is 0 Å². The molecule has 3 aromatic carbocycles. The summed E-state index contributed by atoms with van der Waals surface area (Å²) >= 11 is 0. The number of aryl methyl sites for hydroxylation is 1. The van der Waals surface area contributed by atoms with Crippen LogP contribution in [0.25, 0.3) is 11.0 Å². The molecule has 4 heteroatoms. The van der Waals surface area contributed by atoms with Gasteiger partial charge in [-0.2, -0.15) is 0 Å². The average molecular weight is 368 g/mol. The van der Waals surface area contributed by atoms with Crippen molar-refractivity contribution in [2.75, 3.05) is 0 Å². The molecule has 1 heterocycles. The van der Waals surface area contributed by atoms with E-state index >= 15 is 0 Å². The summed E-state index contributed by atoms with van der Waals surface area (Å²) in [6, 6.07) is 19.3. The van der Waals surface area contributed by atoms with Gasteiger partial charge in [0, 0.05) is 29.1 Å². The fourth-order valence-corrected chi connectivity index (χ4v) is 3.32. The number of carbonyl (C=O) groups excluding carboxylic acids is 1. The second kappa shape index (κ2) is 7.61. The molecule has 0 saturated carbocycles. The van der Waals surface area contributed by atoms with Crippen LogP contribution in [-0.2, 0) is 6.61 Å². The normalized spacial score (nSPS) is 10.8. The topological polar surface area (TPSA) is 52.1 Å². The van der Waals surface area contributed by atoms with Crippen LogP contribution in [0, 0.1) is 13.8 Å². The maximum absolute atomic E-state index is 13.3. The molecule has 0 amide bonds. The number of hydrogen-bond donors (Lipinski definition) is 0. The van der Waals surface area contributed by atoms with Gasteiger partial charge in [-0.3, -0.25) is 14.8 Å². The monoisotopic (exact) mass is 368 g/mol. The molecule has 28 heavy (non-hydrogen) atoms. The minimum Gasteiger partial charge on any atom is -0.489 e. The Hall–Kier alpha value is -3.53. The first-order valence-corrected chi connectivity index (χ1v) is 9.16. The fourth-order valence-electron chi connectivity index (χ4n) is 3.32. The Labute approximate surface area is 163 Å². The highest BCUT2D eigenvalue weighted by Crippen LogP contribution is 2.28. The van der Waals surface area contributed by atoms with Crippen LogP contribution < -0.4 is 4.74 Å². The maximum atomic E-state index is 13.3. The van der Waals surface area contributed by atoms with E-state index in [0.29, 0.717) is 23.3 Å². The summed E-state index contributed by atoms with van der Waals surface area (Å²) in [4.78, 5) is 21.8. The average Bonchev–Trinajstić information content (AvgIpc) is 2.73. The molecule has 4 aromatic rings. The molecule has 0 unspecified atom stereocenters. The highest BCUT2D eigenvalue weighted by molar-refractivity contribution is 6.12. The second-order valence-electron chi connectivity index (χ2n) is 6.74. The number of ether oxygens (including phenoxy) is 1. The molecule has 1 aromatic heterocycles. The lowest BCUT2D eigenvalue weighted by atomic mass is 9.94. The van der Waals surface area contributed by atoms with Crippen LogP contribution in [0.2, 0.25) is 0 Å². The molecule has 0 saturated heterocycles. The fraction of sp³-hybridized carbons (Fsp3) is 0.125. The van der Waals surface area contributed by atoms with E-state index in [1.807, 2.05) is 62.4 Å². The Bertz CT molecular complexity index is 1150. The Morgan fingerprint density at radius 3 is 2.43 bits per heavy atom. The zero-order valence-corrected chi connectivity index (χ0v) is 15.8. The van der Waals surface area contributed by atoms with Crippen molar-refractivity contribution in [1.82, 2.24) is 9.97 Å². The van der Waals surface area contributed by atoms with Crippen LogP contribution >= 0.6 is 0 Å². The Kier molecular flexibility index (Phi) is 4.85. The minimum atomic E-state index is -0.0345. The third-order valence-corrected chi connectivity index (χ3v) is 4.82. The zero-order chi connectivity index (χ0) is 19.5. The molecule has 0 spiro atoms. The second-order valence-corrected chi connectivity index (χ2v) is 6.74. The molecule has 138 valence electrons. The predicted molar refractivity (Wildman–Crippen MR) is 110 cm³/mol. The van der Waals surface area contributed by atoms with E-state index in [-0.39, 0.29) is 5.78 Å². The summed E-state index contributed by atoms with van der Waals surface area (Å²) in [5.41, 5.74) is 5.61. The van der Waals surface area contributed by atoms with Crippen molar-refractivity contribution >= 4 is 16.8 Å². The van der Waals surface area contributed by atoms with Crippen molar-refractivity contribution in [2.45, 2.75) is 20.5 Å². The molecule has 4 rings (SSSR count). The number of nitrogens with zero attached hydrogens (tertiary/aromatic N) is 2. The third kappa shape index (κ3) is 3.49. The minimum absolute atomic E-state index is 0.0345. The van der Waals surface area contributed by atoms with Crippen molar-refractivity contribution in [3.8, 4) is 5.75 Å². The first-order chi connectivity index (χ1) is 13.6. The van der Waals surface area contributed by atoms with Gasteiger partial charge in [-0.15, -0.1) is 0 Å². The Morgan fingerprint density at radius 1 is 0.893 bits per heavy atom. The molecule has 4 nitrogen and oxygen atoms in total. The SMILES string of the molecule is Cc1ccc(OCc2ccccc2)c(C)c1C(=O)c1ccc2nccnc2c1. The molecule has 0 fully saturated rings. The number of rotatable bonds is 5. The smallest absolute Gasteiger partial charge is 0.193 e. The molecule has 0 aliphatic rings.